The molecular weight excluding hydrogens is 312 g/mol. The lowest BCUT2D eigenvalue weighted by molar-refractivity contribution is 0.164. The quantitative estimate of drug-likeness (QED) is 0.729. The van der Waals surface area contributed by atoms with Crippen LogP contribution in [-0.2, 0) is 0 Å². The molecule has 0 radical (unpaired) electrons. The predicted molar refractivity (Wildman–Crippen MR) is 88.7 cm³/mol. The number of hydrogen-bond donors (Lipinski definition) is 0. The summed E-state index contributed by atoms with van der Waals surface area (Å²) in [4.78, 5) is 17.9. The van der Waals surface area contributed by atoms with Crippen LogP contribution in [0.25, 0.3) is 10.2 Å². The minimum absolute atomic E-state index is 0.144. The maximum atomic E-state index is 5.30. The zero-order chi connectivity index (χ0) is 15.8. The Morgan fingerprint density at radius 1 is 1.22 bits per heavy atom. The molecule has 7 nitrogen and oxygen atoms in total. The summed E-state index contributed by atoms with van der Waals surface area (Å²) < 4.78 is 6.47. The van der Waals surface area contributed by atoms with E-state index in [0.29, 0.717) is 11.7 Å². The van der Waals surface area contributed by atoms with Gasteiger partial charge in [-0.25, -0.2) is 9.97 Å². The molecule has 0 amide bonds. The topological polar surface area (TPSA) is 71.2 Å². The van der Waals surface area contributed by atoms with Crippen LogP contribution in [0.3, 0.4) is 0 Å². The first kappa shape index (κ1) is 14.5. The molecule has 3 aromatic rings. The minimum Gasteiger partial charge on any atom is -0.353 e. The lowest BCUT2D eigenvalue weighted by atomic mass is 10.2. The van der Waals surface area contributed by atoms with Crippen molar-refractivity contribution in [1.82, 2.24) is 25.0 Å². The molecule has 8 heteroatoms. The summed E-state index contributed by atoms with van der Waals surface area (Å²) in [6.07, 6.45) is 1.65. The average Bonchev–Trinajstić information content (AvgIpc) is 3.22. The van der Waals surface area contributed by atoms with Crippen LogP contribution >= 0.6 is 11.3 Å². The maximum absolute atomic E-state index is 5.30. The fourth-order valence-electron chi connectivity index (χ4n) is 2.96. The number of thiophene rings is 1. The Morgan fingerprint density at radius 3 is 2.78 bits per heavy atom. The van der Waals surface area contributed by atoms with Crippen molar-refractivity contribution in [3.63, 3.8) is 0 Å². The van der Waals surface area contributed by atoms with Crippen molar-refractivity contribution in [2.24, 2.45) is 0 Å². The third-order valence-corrected chi connectivity index (χ3v) is 5.19. The summed E-state index contributed by atoms with van der Waals surface area (Å²) in [5.74, 6) is 2.43. The smallest absolute Gasteiger partial charge is 0.243 e. The molecule has 0 bridgehead atoms. The first-order chi connectivity index (χ1) is 11.2. The number of anilines is 1. The van der Waals surface area contributed by atoms with Gasteiger partial charge in [0.15, 0.2) is 5.82 Å². The van der Waals surface area contributed by atoms with Crippen LogP contribution in [0.5, 0.6) is 0 Å². The maximum Gasteiger partial charge on any atom is 0.243 e. The first-order valence-corrected chi connectivity index (χ1v) is 8.58. The number of nitrogens with zero attached hydrogens (tertiary/aromatic N) is 6. The van der Waals surface area contributed by atoms with E-state index in [-0.39, 0.29) is 6.04 Å². The summed E-state index contributed by atoms with van der Waals surface area (Å²) in [6, 6.07) is 2.19. The second-order valence-corrected chi connectivity index (χ2v) is 6.63. The zero-order valence-electron chi connectivity index (χ0n) is 13.1. The fraction of sp³-hybridized carbons (Fsp3) is 0.467. The van der Waals surface area contributed by atoms with Crippen molar-refractivity contribution < 1.29 is 4.52 Å². The minimum atomic E-state index is 0.144. The van der Waals surface area contributed by atoms with Crippen LogP contribution in [0.1, 0.15) is 24.7 Å². The Labute approximate surface area is 138 Å². The van der Waals surface area contributed by atoms with Crippen LogP contribution in [0.4, 0.5) is 5.82 Å². The molecule has 1 fully saturated rings. The van der Waals surface area contributed by atoms with E-state index in [1.54, 1.807) is 17.7 Å². The van der Waals surface area contributed by atoms with E-state index in [1.165, 1.54) is 4.70 Å². The van der Waals surface area contributed by atoms with Gasteiger partial charge >= 0.3 is 0 Å². The van der Waals surface area contributed by atoms with Gasteiger partial charge in [0.1, 0.15) is 12.1 Å². The molecule has 0 aliphatic carbocycles. The Bertz CT molecular complexity index is 807. The molecule has 0 saturated carbocycles. The SMILES string of the molecule is Cc1noc(C(C)N2CCN(c3ncnc4ccsc34)CC2)n1. The Morgan fingerprint density at radius 2 is 2.04 bits per heavy atom. The largest absolute Gasteiger partial charge is 0.353 e. The zero-order valence-corrected chi connectivity index (χ0v) is 14.0. The summed E-state index contributed by atoms with van der Waals surface area (Å²) in [5, 5.41) is 5.95. The summed E-state index contributed by atoms with van der Waals surface area (Å²) in [5.41, 5.74) is 1.03. The highest BCUT2D eigenvalue weighted by atomic mass is 32.1. The van der Waals surface area contributed by atoms with E-state index in [4.69, 9.17) is 4.52 Å². The Kier molecular flexibility index (Phi) is 3.70. The molecule has 1 aliphatic rings. The number of hydrogen-bond acceptors (Lipinski definition) is 8. The molecule has 4 heterocycles. The summed E-state index contributed by atoms with van der Waals surface area (Å²) >= 11 is 1.70. The van der Waals surface area contributed by atoms with Gasteiger partial charge in [-0.15, -0.1) is 11.3 Å². The highest BCUT2D eigenvalue weighted by Crippen LogP contribution is 2.29. The lowest BCUT2D eigenvalue weighted by Crippen LogP contribution is -2.47. The van der Waals surface area contributed by atoms with E-state index in [2.05, 4.69) is 42.2 Å². The second-order valence-electron chi connectivity index (χ2n) is 5.71. The molecule has 1 unspecified atom stereocenters. The van der Waals surface area contributed by atoms with Crippen LogP contribution in [0.2, 0.25) is 0 Å². The molecule has 0 spiro atoms. The van der Waals surface area contributed by atoms with Gasteiger partial charge in [0.05, 0.1) is 16.3 Å². The second kappa shape index (κ2) is 5.86. The van der Waals surface area contributed by atoms with E-state index < -0.39 is 0 Å². The van der Waals surface area contributed by atoms with E-state index >= 15 is 0 Å². The van der Waals surface area contributed by atoms with E-state index in [0.717, 1.165) is 37.5 Å². The first-order valence-electron chi connectivity index (χ1n) is 7.70. The molecule has 0 aromatic carbocycles. The van der Waals surface area contributed by atoms with Crippen molar-refractivity contribution in [1.29, 1.82) is 0 Å². The van der Waals surface area contributed by atoms with Crippen molar-refractivity contribution in [2.45, 2.75) is 19.9 Å². The fourth-order valence-corrected chi connectivity index (χ4v) is 3.82. The van der Waals surface area contributed by atoms with Gasteiger partial charge in [-0.1, -0.05) is 5.16 Å². The monoisotopic (exact) mass is 330 g/mol. The van der Waals surface area contributed by atoms with E-state index in [1.807, 2.05) is 13.0 Å². The van der Waals surface area contributed by atoms with Gasteiger partial charge in [-0.2, -0.15) is 4.98 Å². The van der Waals surface area contributed by atoms with Crippen LogP contribution < -0.4 is 4.90 Å². The third kappa shape index (κ3) is 2.68. The average molecular weight is 330 g/mol. The molecule has 1 aliphatic heterocycles. The van der Waals surface area contributed by atoms with Gasteiger partial charge in [0.2, 0.25) is 5.89 Å². The molecule has 0 N–H and O–H groups in total. The van der Waals surface area contributed by atoms with Crippen LogP contribution in [-0.4, -0.2) is 51.2 Å². The predicted octanol–water partition coefficient (Wildman–Crippen LogP) is 2.27. The van der Waals surface area contributed by atoms with Crippen molar-refractivity contribution in [2.75, 3.05) is 31.1 Å². The molecule has 3 aromatic heterocycles. The number of piperazine rings is 1. The number of rotatable bonds is 3. The Balaban J connectivity index is 1.48. The molecule has 4 rings (SSSR count). The highest BCUT2D eigenvalue weighted by Gasteiger charge is 2.26. The van der Waals surface area contributed by atoms with Gasteiger partial charge in [-0.3, -0.25) is 4.90 Å². The summed E-state index contributed by atoms with van der Waals surface area (Å²) in [7, 11) is 0. The lowest BCUT2D eigenvalue weighted by Gasteiger charge is -2.37. The highest BCUT2D eigenvalue weighted by molar-refractivity contribution is 7.17. The van der Waals surface area contributed by atoms with E-state index in [9.17, 15) is 0 Å². The molecule has 120 valence electrons. The van der Waals surface area contributed by atoms with Gasteiger partial charge < -0.3 is 9.42 Å². The van der Waals surface area contributed by atoms with Crippen molar-refractivity contribution in [3.05, 3.63) is 29.5 Å². The van der Waals surface area contributed by atoms with Gasteiger partial charge in [-0.05, 0) is 25.3 Å². The molecule has 1 atom stereocenters. The van der Waals surface area contributed by atoms with Crippen molar-refractivity contribution >= 4 is 27.4 Å². The van der Waals surface area contributed by atoms with Gasteiger partial charge in [0, 0.05) is 26.2 Å². The van der Waals surface area contributed by atoms with Gasteiger partial charge in [0.25, 0.3) is 0 Å². The van der Waals surface area contributed by atoms with Crippen molar-refractivity contribution in [3.8, 4) is 0 Å². The number of aromatic nitrogens is 4. The molecular formula is C15H18N6OS. The summed E-state index contributed by atoms with van der Waals surface area (Å²) in [6.45, 7) is 7.71. The standard InChI is InChI=1S/C15H18N6OS/c1-10(15-18-11(2)19-22-15)20-4-6-21(7-5-20)14-13-12(3-8-23-13)16-9-17-14/h3,8-10H,4-7H2,1-2H3. The molecule has 23 heavy (non-hydrogen) atoms. The third-order valence-electron chi connectivity index (χ3n) is 4.29. The number of fused-ring (bicyclic) bond motifs is 1. The van der Waals surface area contributed by atoms with Crippen LogP contribution in [0.15, 0.2) is 22.3 Å². The normalized spacial score (nSPS) is 17.7. The van der Waals surface area contributed by atoms with Crippen LogP contribution in [0, 0.1) is 6.92 Å². The Hall–Kier alpha value is -2.06. The molecule has 1 saturated heterocycles. The number of aryl methyl sites for hydroxylation is 1.